The van der Waals surface area contributed by atoms with Crippen LogP contribution in [-0.2, 0) is 4.74 Å². The summed E-state index contributed by atoms with van der Waals surface area (Å²) < 4.78 is 5.70. The third-order valence-electron chi connectivity index (χ3n) is 4.33. The summed E-state index contributed by atoms with van der Waals surface area (Å²) in [6.45, 7) is 9.87. The van der Waals surface area contributed by atoms with Crippen molar-refractivity contribution in [2.24, 2.45) is 11.3 Å². The predicted octanol–water partition coefficient (Wildman–Crippen LogP) is 2.97. The fraction of sp³-hybridized carbons (Fsp3) is 1.00. The summed E-state index contributed by atoms with van der Waals surface area (Å²) in [5.41, 5.74) is 0.679. The fourth-order valence-electron chi connectivity index (χ4n) is 3.21. The van der Waals surface area contributed by atoms with E-state index in [0.29, 0.717) is 5.41 Å². The van der Waals surface area contributed by atoms with E-state index in [1.54, 1.807) is 0 Å². The summed E-state index contributed by atoms with van der Waals surface area (Å²) in [7, 11) is 0. The Labute approximate surface area is 100 Å². The zero-order chi connectivity index (χ0) is 11.6. The Balaban J connectivity index is 1.98. The van der Waals surface area contributed by atoms with Crippen molar-refractivity contribution in [2.75, 3.05) is 19.8 Å². The van der Waals surface area contributed by atoms with Gasteiger partial charge in [-0.2, -0.15) is 0 Å². The monoisotopic (exact) mass is 225 g/mol. The van der Waals surface area contributed by atoms with E-state index in [0.717, 1.165) is 25.7 Å². The predicted molar refractivity (Wildman–Crippen MR) is 67.6 cm³/mol. The summed E-state index contributed by atoms with van der Waals surface area (Å²) in [4.78, 5) is 0. The quantitative estimate of drug-likeness (QED) is 0.797. The van der Waals surface area contributed by atoms with Crippen molar-refractivity contribution in [3.8, 4) is 0 Å². The number of hydrogen-bond donors (Lipinski definition) is 1. The normalized spacial score (nSPS) is 32.4. The highest BCUT2D eigenvalue weighted by Crippen LogP contribution is 2.45. The van der Waals surface area contributed by atoms with Crippen molar-refractivity contribution in [1.29, 1.82) is 0 Å². The van der Waals surface area contributed by atoms with Crippen LogP contribution >= 0.6 is 0 Å². The summed E-state index contributed by atoms with van der Waals surface area (Å²) in [6, 6.07) is 0. The molecule has 0 aromatic heterocycles. The Morgan fingerprint density at radius 1 is 1.25 bits per heavy atom. The maximum absolute atomic E-state index is 5.70. The van der Waals surface area contributed by atoms with Gasteiger partial charge >= 0.3 is 0 Å². The Morgan fingerprint density at radius 2 is 1.94 bits per heavy atom. The molecule has 0 aromatic rings. The molecule has 1 aliphatic carbocycles. The molecule has 16 heavy (non-hydrogen) atoms. The first-order valence-corrected chi connectivity index (χ1v) is 6.85. The average molecular weight is 225 g/mol. The Bertz CT molecular complexity index is 219. The second-order valence-corrected chi connectivity index (χ2v) is 6.75. The minimum Gasteiger partial charge on any atom is -0.381 e. The standard InChI is InChI=1S/C14H27NO/c1-13(2,3)15-10-14(8-9-16-11-14)12-6-4-5-7-12/h12,15H,4-11H2,1-3H3. The number of hydrogen-bond acceptors (Lipinski definition) is 2. The van der Waals surface area contributed by atoms with E-state index in [1.807, 2.05) is 0 Å². The lowest BCUT2D eigenvalue weighted by molar-refractivity contribution is 0.0991. The first-order chi connectivity index (χ1) is 7.52. The van der Waals surface area contributed by atoms with Crippen LogP contribution in [-0.4, -0.2) is 25.3 Å². The van der Waals surface area contributed by atoms with Crippen LogP contribution in [0.3, 0.4) is 0 Å². The number of ether oxygens (including phenoxy) is 1. The van der Waals surface area contributed by atoms with Crippen molar-refractivity contribution in [3.63, 3.8) is 0 Å². The van der Waals surface area contributed by atoms with Crippen molar-refractivity contribution >= 4 is 0 Å². The van der Waals surface area contributed by atoms with Crippen molar-refractivity contribution in [1.82, 2.24) is 5.32 Å². The van der Waals surface area contributed by atoms with E-state index in [9.17, 15) is 0 Å². The van der Waals surface area contributed by atoms with Gasteiger partial charge in [-0.15, -0.1) is 0 Å². The molecule has 1 saturated carbocycles. The third kappa shape index (κ3) is 2.78. The second kappa shape index (κ2) is 4.66. The zero-order valence-electron chi connectivity index (χ0n) is 11.1. The molecule has 1 saturated heterocycles. The molecule has 0 aromatic carbocycles. The Hall–Kier alpha value is -0.0800. The van der Waals surface area contributed by atoms with Crippen molar-refractivity contribution < 1.29 is 4.74 Å². The van der Waals surface area contributed by atoms with Gasteiger partial charge < -0.3 is 10.1 Å². The molecule has 2 fully saturated rings. The highest BCUT2D eigenvalue weighted by molar-refractivity contribution is 4.94. The van der Waals surface area contributed by atoms with E-state index in [-0.39, 0.29) is 5.54 Å². The molecule has 1 heterocycles. The minimum atomic E-state index is 0.230. The van der Waals surface area contributed by atoms with Crippen LogP contribution < -0.4 is 5.32 Å². The molecule has 1 N–H and O–H groups in total. The topological polar surface area (TPSA) is 21.3 Å². The minimum absolute atomic E-state index is 0.230. The number of nitrogens with one attached hydrogen (secondary N) is 1. The van der Waals surface area contributed by atoms with E-state index < -0.39 is 0 Å². The molecule has 0 spiro atoms. The lowest BCUT2D eigenvalue weighted by Gasteiger charge is -2.37. The van der Waals surface area contributed by atoms with Crippen LogP contribution in [0.15, 0.2) is 0 Å². The zero-order valence-corrected chi connectivity index (χ0v) is 11.1. The molecule has 2 heteroatoms. The molecule has 0 amide bonds. The molecular weight excluding hydrogens is 198 g/mol. The van der Waals surface area contributed by atoms with Gasteiger partial charge in [0.15, 0.2) is 0 Å². The lowest BCUT2D eigenvalue weighted by Crippen LogP contribution is -2.47. The van der Waals surface area contributed by atoms with Gasteiger partial charge in [-0.05, 0) is 46.0 Å². The third-order valence-corrected chi connectivity index (χ3v) is 4.33. The molecule has 2 rings (SSSR count). The van der Waals surface area contributed by atoms with E-state index >= 15 is 0 Å². The van der Waals surface area contributed by atoms with Crippen LogP contribution in [0.4, 0.5) is 0 Å². The summed E-state index contributed by atoms with van der Waals surface area (Å²) >= 11 is 0. The highest BCUT2D eigenvalue weighted by atomic mass is 16.5. The van der Waals surface area contributed by atoms with Gasteiger partial charge in [-0.1, -0.05) is 12.8 Å². The summed E-state index contributed by atoms with van der Waals surface area (Å²) in [5, 5.41) is 3.70. The van der Waals surface area contributed by atoms with Gasteiger partial charge in [0.05, 0.1) is 6.61 Å². The fourth-order valence-corrected chi connectivity index (χ4v) is 3.21. The van der Waals surface area contributed by atoms with E-state index in [2.05, 4.69) is 26.1 Å². The molecule has 94 valence electrons. The smallest absolute Gasteiger partial charge is 0.0538 e. The molecule has 1 atom stereocenters. The van der Waals surface area contributed by atoms with Crippen LogP contribution in [0.1, 0.15) is 52.9 Å². The molecule has 0 bridgehead atoms. The van der Waals surface area contributed by atoms with E-state index in [1.165, 1.54) is 32.1 Å². The largest absolute Gasteiger partial charge is 0.381 e. The van der Waals surface area contributed by atoms with Crippen LogP contribution in [0, 0.1) is 11.3 Å². The van der Waals surface area contributed by atoms with Gasteiger partial charge in [0.1, 0.15) is 0 Å². The average Bonchev–Trinajstić information content (AvgIpc) is 2.86. The van der Waals surface area contributed by atoms with Crippen LogP contribution in [0.5, 0.6) is 0 Å². The summed E-state index contributed by atoms with van der Waals surface area (Å²) in [6.07, 6.45) is 6.98. The molecule has 2 aliphatic rings. The maximum atomic E-state index is 5.70. The first kappa shape index (κ1) is 12.4. The molecule has 1 aliphatic heterocycles. The molecule has 0 radical (unpaired) electrons. The van der Waals surface area contributed by atoms with Gasteiger partial charge in [0.2, 0.25) is 0 Å². The number of rotatable bonds is 3. The van der Waals surface area contributed by atoms with Gasteiger partial charge in [-0.25, -0.2) is 0 Å². The molecule has 1 unspecified atom stereocenters. The Kier molecular flexibility index (Phi) is 3.60. The second-order valence-electron chi connectivity index (χ2n) is 6.75. The van der Waals surface area contributed by atoms with Crippen molar-refractivity contribution in [2.45, 2.75) is 58.4 Å². The SMILES string of the molecule is CC(C)(C)NCC1(C2CCCC2)CCOC1. The Morgan fingerprint density at radius 3 is 2.44 bits per heavy atom. The van der Waals surface area contributed by atoms with Gasteiger partial charge in [0.25, 0.3) is 0 Å². The van der Waals surface area contributed by atoms with Crippen molar-refractivity contribution in [3.05, 3.63) is 0 Å². The lowest BCUT2D eigenvalue weighted by atomic mass is 9.73. The van der Waals surface area contributed by atoms with Gasteiger partial charge in [-0.3, -0.25) is 0 Å². The van der Waals surface area contributed by atoms with Gasteiger partial charge in [0, 0.05) is 24.1 Å². The first-order valence-electron chi connectivity index (χ1n) is 6.85. The molecule has 2 nitrogen and oxygen atoms in total. The highest BCUT2D eigenvalue weighted by Gasteiger charge is 2.43. The maximum Gasteiger partial charge on any atom is 0.0538 e. The van der Waals surface area contributed by atoms with Crippen LogP contribution in [0.2, 0.25) is 0 Å². The van der Waals surface area contributed by atoms with Crippen LogP contribution in [0.25, 0.3) is 0 Å². The van der Waals surface area contributed by atoms with E-state index in [4.69, 9.17) is 4.74 Å². The summed E-state index contributed by atoms with van der Waals surface area (Å²) in [5.74, 6) is 0.907. The molecular formula is C14H27NO.